The van der Waals surface area contributed by atoms with E-state index in [9.17, 15) is 9.90 Å². The Morgan fingerprint density at radius 2 is 2.10 bits per heavy atom. The van der Waals surface area contributed by atoms with Crippen molar-refractivity contribution in [1.29, 1.82) is 0 Å². The molecule has 4 nitrogen and oxygen atoms in total. The maximum Gasteiger partial charge on any atom is 0.225 e. The molecule has 0 radical (unpaired) electrons. The topological polar surface area (TPSA) is 53.4 Å². The van der Waals surface area contributed by atoms with Gasteiger partial charge < -0.3 is 10.0 Å². The fourth-order valence-electron chi connectivity index (χ4n) is 1.95. The van der Waals surface area contributed by atoms with E-state index in [0.29, 0.717) is 6.54 Å². The summed E-state index contributed by atoms with van der Waals surface area (Å²) < 4.78 is 0. The Morgan fingerprint density at radius 1 is 1.40 bits per heavy atom. The highest BCUT2D eigenvalue weighted by Gasteiger charge is 2.28. The monoisotopic (exact) mass is 290 g/mol. The van der Waals surface area contributed by atoms with Gasteiger partial charge in [-0.2, -0.15) is 0 Å². The van der Waals surface area contributed by atoms with Gasteiger partial charge in [0, 0.05) is 18.6 Å². The lowest BCUT2D eigenvalue weighted by atomic mass is 9.92. The van der Waals surface area contributed by atoms with Gasteiger partial charge in [0.25, 0.3) is 0 Å². The highest BCUT2D eigenvalue weighted by Crippen LogP contribution is 2.25. The first-order valence-corrected chi connectivity index (χ1v) is 7.27. The van der Waals surface area contributed by atoms with E-state index in [1.54, 1.807) is 25.1 Å². The molecule has 0 fully saturated rings. The number of hydrogen-bond donors (Lipinski definition) is 1. The molecule has 2 rings (SSSR count). The Kier molecular flexibility index (Phi) is 4.52. The van der Waals surface area contributed by atoms with Crippen molar-refractivity contribution in [3.63, 3.8) is 0 Å². The summed E-state index contributed by atoms with van der Waals surface area (Å²) in [5.74, 6) is -0.103. The van der Waals surface area contributed by atoms with Crippen molar-refractivity contribution in [2.75, 3.05) is 7.05 Å². The van der Waals surface area contributed by atoms with E-state index in [2.05, 4.69) is 4.98 Å². The second kappa shape index (κ2) is 6.15. The number of rotatable bonds is 5. The van der Waals surface area contributed by atoms with E-state index in [1.807, 2.05) is 35.7 Å². The summed E-state index contributed by atoms with van der Waals surface area (Å²) in [6, 6.07) is 9.25. The van der Waals surface area contributed by atoms with Crippen LogP contribution in [-0.4, -0.2) is 27.9 Å². The van der Waals surface area contributed by atoms with Gasteiger partial charge in [0.1, 0.15) is 5.01 Å². The Morgan fingerprint density at radius 3 is 2.70 bits per heavy atom. The first-order valence-electron chi connectivity index (χ1n) is 6.39. The lowest BCUT2D eigenvalue weighted by Crippen LogP contribution is -2.33. The molecule has 1 N–H and O–H groups in total. The molecule has 106 valence electrons. The molecule has 0 aliphatic rings. The van der Waals surface area contributed by atoms with Gasteiger partial charge >= 0.3 is 0 Å². The molecule has 1 heterocycles. The summed E-state index contributed by atoms with van der Waals surface area (Å²) in [7, 11) is 1.73. The predicted molar refractivity (Wildman–Crippen MR) is 79.2 cm³/mol. The minimum Gasteiger partial charge on any atom is -0.385 e. The predicted octanol–water partition coefficient (Wildman–Crippen LogP) is 2.40. The number of carbonyl (C=O) groups excluding carboxylic acids is 1. The molecule has 1 aromatic carbocycles. The number of nitrogens with zero attached hydrogens (tertiary/aromatic N) is 2. The van der Waals surface area contributed by atoms with Gasteiger partial charge in [0.2, 0.25) is 5.91 Å². The first kappa shape index (κ1) is 14.7. The summed E-state index contributed by atoms with van der Waals surface area (Å²) >= 11 is 1.52. The van der Waals surface area contributed by atoms with Crippen LogP contribution >= 0.6 is 11.3 Å². The number of hydrogen-bond acceptors (Lipinski definition) is 4. The third kappa shape index (κ3) is 3.65. The summed E-state index contributed by atoms with van der Waals surface area (Å²) in [6.07, 6.45) is 1.78. The third-order valence-corrected chi connectivity index (χ3v) is 3.94. The molecule has 0 aliphatic carbocycles. The van der Waals surface area contributed by atoms with Crippen molar-refractivity contribution in [2.45, 2.75) is 25.5 Å². The fourth-order valence-corrected chi connectivity index (χ4v) is 2.62. The maximum absolute atomic E-state index is 12.2. The molecule has 2 aromatic rings. The van der Waals surface area contributed by atoms with E-state index >= 15 is 0 Å². The van der Waals surface area contributed by atoms with Gasteiger partial charge in [-0.05, 0) is 12.5 Å². The number of aliphatic hydroxyl groups is 1. The summed E-state index contributed by atoms with van der Waals surface area (Å²) in [5.41, 5.74) is -0.411. The van der Waals surface area contributed by atoms with Crippen LogP contribution in [0.5, 0.6) is 0 Å². The summed E-state index contributed by atoms with van der Waals surface area (Å²) in [4.78, 5) is 17.9. The molecule has 0 bridgehead atoms. The molecule has 1 atom stereocenters. The number of aromatic nitrogens is 1. The largest absolute Gasteiger partial charge is 0.385 e. The van der Waals surface area contributed by atoms with Crippen molar-refractivity contribution in [3.8, 4) is 0 Å². The van der Waals surface area contributed by atoms with Crippen LogP contribution < -0.4 is 0 Å². The zero-order chi connectivity index (χ0) is 14.6. The second-order valence-corrected chi connectivity index (χ2v) is 5.97. The molecule has 20 heavy (non-hydrogen) atoms. The maximum atomic E-state index is 12.2. The van der Waals surface area contributed by atoms with Crippen LogP contribution in [0.1, 0.15) is 23.9 Å². The van der Waals surface area contributed by atoms with E-state index in [-0.39, 0.29) is 12.3 Å². The van der Waals surface area contributed by atoms with E-state index in [4.69, 9.17) is 0 Å². The van der Waals surface area contributed by atoms with Gasteiger partial charge in [0.15, 0.2) is 0 Å². The van der Waals surface area contributed by atoms with Crippen LogP contribution in [0.15, 0.2) is 41.9 Å². The van der Waals surface area contributed by atoms with E-state index < -0.39 is 5.60 Å². The number of carbonyl (C=O) groups is 1. The molecule has 1 unspecified atom stereocenters. The number of thiazole rings is 1. The number of amides is 1. The lowest BCUT2D eigenvalue weighted by Gasteiger charge is -2.26. The summed E-state index contributed by atoms with van der Waals surface area (Å²) in [5, 5.41) is 13.2. The van der Waals surface area contributed by atoms with Crippen LogP contribution in [0.4, 0.5) is 0 Å². The average Bonchev–Trinajstić information content (AvgIpc) is 2.92. The zero-order valence-corrected chi connectivity index (χ0v) is 12.4. The van der Waals surface area contributed by atoms with Crippen LogP contribution in [0, 0.1) is 0 Å². The Labute approximate surface area is 122 Å². The molecule has 5 heteroatoms. The van der Waals surface area contributed by atoms with Gasteiger partial charge in [-0.3, -0.25) is 4.79 Å². The Balaban J connectivity index is 2.00. The van der Waals surface area contributed by atoms with Crippen LogP contribution in [0.25, 0.3) is 0 Å². The third-order valence-electron chi connectivity index (χ3n) is 3.17. The molecule has 1 amide bonds. The zero-order valence-electron chi connectivity index (χ0n) is 11.6. The molecule has 1 aromatic heterocycles. The van der Waals surface area contributed by atoms with E-state index in [1.165, 1.54) is 11.3 Å². The van der Waals surface area contributed by atoms with Crippen LogP contribution in [-0.2, 0) is 16.9 Å². The standard InChI is InChI=1S/C15H18N2O2S/c1-15(19,12-6-4-3-5-7-12)10-14(18)17(2)11-13-16-8-9-20-13/h3-9,19H,10-11H2,1-2H3. The van der Waals surface area contributed by atoms with Crippen molar-refractivity contribution < 1.29 is 9.90 Å². The van der Waals surface area contributed by atoms with Crippen molar-refractivity contribution in [2.24, 2.45) is 0 Å². The van der Waals surface area contributed by atoms with Crippen molar-refractivity contribution in [1.82, 2.24) is 9.88 Å². The Hall–Kier alpha value is -1.72. The average molecular weight is 290 g/mol. The van der Waals surface area contributed by atoms with Crippen LogP contribution in [0.2, 0.25) is 0 Å². The quantitative estimate of drug-likeness (QED) is 0.920. The summed E-state index contributed by atoms with van der Waals surface area (Å²) in [6.45, 7) is 2.14. The van der Waals surface area contributed by atoms with Crippen molar-refractivity contribution >= 4 is 17.2 Å². The van der Waals surface area contributed by atoms with Gasteiger partial charge in [0.05, 0.1) is 18.6 Å². The molecule has 0 saturated heterocycles. The highest BCUT2D eigenvalue weighted by atomic mass is 32.1. The van der Waals surface area contributed by atoms with Gasteiger partial charge in [-0.25, -0.2) is 4.98 Å². The minimum absolute atomic E-state index is 0.0545. The second-order valence-electron chi connectivity index (χ2n) is 4.99. The molecule has 0 spiro atoms. The molecule has 0 aliphatic heterocycles. The van der Waals surface area contributed by atoms with Crippen molar-refractivity contribution in [3.05, 3.63) is 52.5 Å². The number of benzene rings is 1. The highest BCUT2D eigenvalue weighted by molar-refractivity contribution is 7.09. The normalized spacial score (nSPS) is 13.8. The lowest BCUT2D eigenvalue weighted by molar-refractivity contribution is -0.135. The minimum atomic E-state index is -1.16. The van der Waals surface area contributed by atoms with E-state index in [0.717, 1.165) is 10.6 Å². The molecular weight excluding hydrogens is 272 g/mol. The Bertz CT molecular complexity index is 553. The smallest absolute Gasteiger partial charge is 0.225 e. The first-order chi connectivity index (χ1) is 9.49. The SMILES string of the molecule is CN(Cc1nccs1)C(=O)CC(C)(O)c1ccccc1. The van der Waals surface area contributed by atoms with Gasteiger partial charge in [-0.1, -0.05) is 30.3 Å². The fraction of sp³-hybridized carbons (Fsp3) is 0.333. The molecule has 0 saturated carbocycles. The van der Waals surface area contributed by atoms with Crippen LogP contribution in [0.3, 0.4) is 0 Å². The van der Waals surface area contributed by atoms with Gasteiger partial charge in [-0.15, -0.1) is 11.3 Å². The molecular formula is C15H18N2O2S.